The van der Waals surface area contributed by atoms with Crippen molar-refractivity contribution in [3.8, 4) is 0 Å². The molecule has 5 heteroatoms. The van der Waals surface area contributed by atoms with Gasteiger partial charge in [-0.1, -0.05) is 6.07 Å². The molecular weight excluding hydrogens is 294 g/mol. The van der Waals surface area contributed by atoms with Gasteiger partial charge in [-0.05, 0) is 52.7 Å². The Labute approximate surface area is 113 Å². The molecule has 0 radical (unpaired) electrons. The summed E-state index contributed by atoms with van der Waals surface area (Å²) in [6.07, 6.45) is 1.58. The van der Waals surface area contributed by atoms with Gasteiger partial charge in [0.2, 0.25) is 0 Å². The van der Waals surface area contributed by atoms with E-state index in [1.807, 2.05) is 13.0 Å². The molecule has 0 aliphatic carbocycles. The number of hydrogen-bond donors (Lipinski definition) is 2. The van der Waals surface area contributed by atoms with E-state index in [0.29, 0.717) is 21.5 Å². The lowest BCUT2D eigenvalue weighted by atomic mass is 10.2. The Bertz CT molecular complexity index is 599. The average Bonchev–Trinajstić information content (AvgIpc) is 2.34. The maximum absolute atomic E-state index is 12.1. The van der Waals surface area contributed by atoms with E-state index < -0.39 is 0 Å². The van der Waals surface area contributed by atoms with Crippen LogP contribution in [0.3, 0.4) is 0 Å². The van der Waals surface area contributed by atoms with Crippen LogP contribution >= 0.6 is 15.9 Å². The van der Waals surface area contributed by atoms with Crippen molar-refractivity contribution in [2.24, 2.45) is 0 Å². The number of anilines is 2. The van der Waals surface area contributed by atoms with E-state index in [0.717, 1.165) is 5.56 Å². The minimum atomic E-state index is -0.267. The normalized spacial score (nSPS) is 10.1. The molecule has 0 bridgehead atoms. The van der Waals surface area contributed by atoms with Crippen molar-refractivity contribution >= 4 is 33.2 Å². The summed E-state index contributed by atoms with van der Waals surface area (Å²) in [6.45, 7) is 1.91. The first-order valence-electron chi connectivity index (χ1n) is 5.36. The summed E-state index contributed by atoms with van der Waals surface area (Å²) in [5.74, 6) is -0.267. The van der Waals surface area contributed by atoms with Gasteiger partial charge in [0.05, 0.1) is 0 Å². The summed E-state index contributed by atoms with van der Waals surface area (Å²) < 4.78 is 0.657. The van der Waals surface area contributed by atoms with Gasteiger partial charge in [-0.25, -0.2) is 4.98 Å². The smallest absolute Gasteiger partial charge is 0.275 e. The molecular formula is C13H12BrN3O. The first kappa shape index (κ1) is 12.6. The molecule has 4 nitrogen and oxygen atoms in total. The number of nitrogens with two attached hydrogens (primary N) is 1. The fraction of sp³-hybridized carbons (Fsp3) is 0.0769. The second-order valence-corrected chi connectivity index (χ2v) is 4.72. The highest BCUT2D eigenvalue weighted by Crippen LogP contribution is 2.20. The SMILES string of the molecule is Cc1ccc(N)cc1NC(=O)c1ncccc1Br. The highest BCUT2D eigenvalue weighted by Gasteiger charge is 2.12. The summed E-state index contributed by atoms with van der Waals surface area (Å²) in [7, 11) is 0. The molecule has 0 unspecified atom stereocenters. The zero-order valence-corrected chi connectivity index (χ0v) is 11.4. The van der Waals surface area contributed by atoms with Gasteiger partial charge in [-0.15, -0.1) is 0 Å². The van der Waals surface area contributed by atoms with Gasteiger partial charge in [0, 0.05) is 22.0 Å². The molecule has 1 heterocycles. The number of hydrogen-bond acceptors (Lipinski definition) is 3. The topological polar surface area (TPSA) is 68.0 Å². The highest BCUT2D eigenvalue weighted by molar-refractivity contribution is 9.10. The quantitative estimate of drug-likeness (QED) is 0.838. The van der Waals surface area contributed by atoms with Crippen LogP contribution in [0.25, 0.3) is 0 Å². The maximum Gasteiger partial charge on any atom is 0.275 e. The van der Waals surface area contributed by atoms with Crippen LogP contribution in [0.5, 0.6) is 0 Å². The summed E-state index contributed by atoms with van der Waals surface area (Å²) in [5.41, 5.74) is 8.29. The molecule has 3 N–H and O–H groups in total. The number of aryl methyl sites for hydroxylation is 1. The number of nitrogens with one attached hydrogen (secondary N) is 1. The van der Waals surface area contributed by atoms with E-state index in [-0.39, 0.29) is 5.91 Å². The molecule has 0 aliphatic rings. The van der Waals surface area contributed by atoms with Crippen molar-refractivity contribution in [1.29, 1.82) is 0 Å². The lowest BCUT2D eigenvalue weighted by Crippen LogP contribution is -2.15. The summed E-state index contributed by atoms with van der Waals surface area (Å²) in [5, 5.41) is 2.80. The molecule has 18 heavy (non-hydrogen) atoms. The van der Waals surface area contributed by atoms with E-state index in [9.17, 15) is 4.79 Å². The van der Waals surface area contributed by atoms with Crippen molar-refractivity contribution in [1.82, 2.24) is 4.98 Å². The molecule has 0 spiro atoms. The third-order valence-electron chi connectivity index (χ3n) is 2.48. The molecule has 1 aromatic heterocycles. The van der Waals surface area contributed by atoms with Crippen LogP contribution in [0.15, 0.2) is 41.0 Å². The average molecular weight is 306 g/mol. The fourth-order valence-corrected chi connectivity index (χ4v) is 1.94. The number of amides is 1. The summed E-state index contributed by atoms with van der Waals surface area (Å²) in [6, 6.07) is 8.91. The number of halogens is 1. The van der Waals surface area contributed by atoms with Gasteiger partial charge in [0.1, 0.15) is 5.69 Å². The second kappa shape index (κ2) is 5.18. The van der Waals surface area contributed by atoms with Crippen LogP contribution in [0.4, 0.5) is 11.4 Å². The van der Waals surface area contributed by atoms with E-state index in [4.69, 9.17) is 5.73 Å². The lowest BCUT2D eigenvalue weighted by Gasteiger charge is -2.09. The Hall–Kier alpha value is -1.88. The van der Waals surface area contributed by atoms with E-state index in [1.54, 1.807) is 30.5 Å². The largest absolute Gasteiger partial charge is 0.399 e. The Morgan fingerprint density at radius 2 is 2.17 bits per heavy atom. The Balaban J connectivity index is 2.27. The minimum absolute atomic E-state index is 0.267. The predicted molar refractivity (Wildman–Crippen MR) is 75.5 cm³/mol. The Morgan fingerprint density at radius 1 is 1.39 bits per heavy atom. The molecule has 0 aliphatic heterocycles. The van der Waals surface area contributed by atoms with E-state index in [2.05, 4.69) is 26.2 Å². The van der Waals surface area contributed by atoms with Gasteiger partial charge in [-0.2, -0.15) is 0 Å². The number of nitrogens with zero attached hydrogens (tertiary/aromatic N) is 1. The number of carbonyl (C=O) groups excluding carboxylic acids is 1. The van der Waals surface area contributed by atoms with Crippen molar-refractivity contribution in [2.75, 3.05) is 11.1 Å². The number of pyridine rings is 1. The molecule has 0 atom stereocenters. The number of nitrogen functional groups attached to an aromatic ring is 1. The fourth-order valence-electron chi connectivity index (χ4n) is 1.51. The van der Waals surface area contributed by atoms with Crippen molar-refractivity contribution in [2.45, 2.75) is 6.92 Å². The molecule has 0 fully saturated rings. The number of carbonyl (C=O) groups is 1. The van der Waals surface area contributed by atoms with Crippen molar-refractivity contribution < 1.29 is 4.79 Å². The predicted octanol–water partition coefficient (Wildman–Crippen LogP) is 2.99. The van der Waals surface area contributed by atoms with E-state index in [1.165, 1.54) is 0 Å². The Morgan fingerprint density at radius 3 is 2.89 bits per heavy atom. The van der Waals surface area contributed by atoms with Gasteiger partial charge in [0.15, 0.2) is 0 Å². The van der Waals surface area contributed by atoms with Gasteiger partial charge in [0.25, 0.3) is 5.91 Å². The van der Waals surface area contributed by atoms with Crippen LogP contribution in [0.1, 0.15) is 16.1 Å². The first-order chi connectivity index (χ1) is 8.58. The van der Waals surface area contributed by atoms with Crippen molar-refractivity contribution in [3.63, 3.8) is 0 Å². The Kier molecular flexibility index (Phi) is 3.62. The van der Waals surface area contributed by atoms with Gasteiger partial charge in [-0.3, -0.25) is 4.79 Å². The van der Waals surface area contributed by atoms with Crippen LogP contribution in [-0.4, -0.2) is 10.9 Å². The zero-order chi connectivity index (χ0) is 13.1. The van der Waals surface area contributed by atoms with Crippen molar-refractivity contribution in [3.05, 3.63) is 52.3 Å². The number of aromatic nitrogens is 1. The number of rotatable bonds is 2. The second-order valence-electron chi connectivity index (χ2n) is 3.86. The molecule has 0 saturated heterocycles. The standard InChI is InChI=1S/C13H12BrN3O/c1-8-4-5-9(15)7-11(8)17-13(18)12-10(14)3-2-6-16-12/h2-7H,15H2,1H3,(H,17,18). The molecule has 92 valence electrons. The van der Waals surface area contributed by atoms with Gasteiger partial charge >= 0.3 is 0 Å². The lowest BCUT2D eigenvalue weighted by molar-refractivity contribution is 0.102. The van der Waals surface area contributed by atoms with E-state index >= 15 is 0 Å². The van der Waals surface area contributed by atoms with Gasteiger partial charge < -0.3 is 11.1 Å². The molecule has 2 aromatic rings. The summed E-state index contributed by atoms with van der Waals surface area (Å²) in [4.78, 5) is 16.1. The monoisotopic (exact) mass is 305 g/mol. The summed E-state index contributed by atoms with van der Waals surface area (Å²) >= 11 is 3.30. The number of benzene rings is 1. The molecule has 0 saturated carbocycles. The minimum Gasteiger partial charge on any atom is -0.399 e. The molecule has 2 rings (SSSR count). The first-order valence-corrected chi connectivity index (χ1v) is 6.15. The zero-order valence-electron chi connectivity index (χ0n) is 9.77. The van der Waals surface area contributed by atoms with Crippen LogP contribution < -0.4 is 11.1 Å². The third-order valence-corrected chi connectivity index (χ3v) is 3.12. The molecule has 1 amide bonds. The molecule has 1 aromatic carbocycles. The van der Waals surface area contributed by atoms with Crippen LogP contribution in [0.2, 0.25) is 0 Å². The maximum atomic E-state index is 12.1. The van der Waals surface area contributed by atoms with Crippen LogP contribution in [-0.2, 0) is 0 Å². The van der Waals surface area contributed by atoms with Crippen LogP contribution in [0, 0.1) is 6.92 Å². The highest BCUT2D eigenvalue weighted by atomic mass is 79.9. The third kappa shape index (κ3) is 2.68.